The van der Waals surface area contributed by atoms with Crippen molar-refractivity contribution >= 4 is 11.6 Å². The first-order valence-corrected chi connectivity index (χ1v) is 7.19. The molecule has 0 N–H and O–H groups in total. The number of anilines is 1. The van der Waals surface area contributed by atoms with Crippen LogP contribution in [0.2, 0.25) is 0 Å². The summed E-state index contributed by atoms with van der Waals surface area (Å²) in [5.41, 5.74) is 2.47. The van der Waals surface area contributed by atoms with E-state index in [1.807, 2.05) is 19.9 Å². The number of pyridine rings is 1. The molecule has 5 heteroatoms. The van der Waals surface area contributed by atoms with Gasteiger partial charge in [0.2, 0.25) is 5.95 Å². The zero-order valence-electron chi connectivity index (χ0n) is 12.7. The van der Waals surface area contributed by atoms with E-state index in [0.717, 1.165) is 37.1 Å². The van der Waals surface area contributed by atoms with Crippen molar-refractivity contribution < 1.29 is 0 Å². The molecule has 0 radical (unpaired) electrons. The molecule has 0 bridgehead atoms. The molecule has 2 aromatic rings. The van der Waals surface area contributed by atoms with E-state index in [1.54, 1.807) is 6.20 Å². The van der Waals surface area contributed by atoms with Crippen molar-refractivity contribution in [1.82, 2.24) is 14.4 Å². The summed E-state index contributed by atoms with van der Waals surface area (Å²) < 4.78 is 1.53. The van der Waals surface area contributed by atoms with Crippen LogP contribution in [0.1, 0.15) is 37.8 Å². The third-order valence-corrected chi connectivity index (χ3v) is 3.24. The van der Waals surface area contributed by atoms with Gasteiger partial charge in [-0.1, -0.05) is 19.9 Å². The molecule has 0 aliphatic rings. The van der Waals surface area contributed by atoms with Gasteiger partial charge in [0.25, 0.3) is 0 Å². The highest BCUT2D eigenvalue weighted by Crippen LogP contribution is 2.12. The summed E-state index contributed by atoms with van der Waals surface area (Å²) in [6.45, 7) is 9.91. The average Bonchev–Trinajstić information content (AvgIpc) is 2.39. The van der Waals surface area contributed by atoms with Crippen molar-refractivity contribution in [1.29, 1.82) is 0 Å². The van der Waals surface area contributed by atoms with Crippen LogP contribution in [0.25, 0.3) is 5.65 Å². The maximum Gasteiger partial charge on any atom is 0.356 e. The minimum Gasteiger partial charge on any atom is -0.341 e. The summed E-state index contributed by atoms with van der Waals surface area (Å²) in [7, 11) is 0. The van der Waals surface area contributed by atoms with E-state index >= 15 is 0 Å². The highest BCUT2D eigenvalue weighted by atomic mass is 16.1. The van der Waals surface area contributed by atoms with Crippen molar-refractivity contribution in [2.24, 2.45) is 0 Å². The predicted octanol–water partition coefficient (Wildman–Crippen LogP) is 2.33. The molecule has 0 unspecified atom stereocenters. The van der Waals surface area contributed by atoms with Gasteiger partial charge in [-0.15, -0.1) is 0 Å². The molecule has 108 valence electrons. The molecule has 0 fully saturated rings. The lowest BCUT2D eigenvalue weighted by Gasteiger charge is -2.21. The zero-order chi connectivity index (χ0) is 14.7. The van der Waals surface area contributed by atoms with Gasteiger partial charge in [0, 0.05) is 19.3 Å². The molecule has 2 aromatic heterocycles. The Bertz CT molecular complexity index is 657. The van der Waals surface area contributed by atoms with Crippen LogP contribution in [-0.2, 0) is 0 Å². The van der Waals surface area contributed by atoms with Crippen LogP contribution in [-0.4, -0.2) is 27.5 Å². The molecular weight excluding hydrogens is 252 g/mol. The second kappa shape index (κ2) is 6.03. The monoisotopic (exact) mass is 274 g/mol. The van der Waals surface area contributed by atoms with Crippen LogP contribution in [0, 0.1) is 13.8 Å². The number of rotatable bonds is 5. The normalized spacial score (nSPS) is 11.0. The van der Waals surface area contributed by atoms with E-state index in [1.165, 1.54) is 4.40 Å². The Hall–Kier alpha value is -1.91. The topological polar surface area (TPSA) is 50.5 Å². The molecule has 2 heterocycles. The van der Waals surface area contributed by atoms with E-state index < -0.39 is 0 Å². The van der Waals surface area contributed by atoms with Gasteiger partial charge in [0.1, 0.15) is 5.65 Å². The number of hydrogen-bond donors (Lipinski definition) is 0. The first-order chi connectivity index (χ1) is 9.56. The van der Waals surface area contributed by atoms with Crippen LogP contribution in [0.4, 0.5) is 5.95 Å². The molecule has 0 atom stereocenters. The smallest absolute Gasteiger partial charge is 0.341 e. The summed E-state index contributed by atoms with van der Waals surface area (Å²) in [5, 5.41) is 0. The molecule has 20 heavy (non-hydrogen) atoms. The van der Waals surface area contributed by atoms with Crippen molar-refractivity contribution in [3.8, 4) is 0 Å². The Morgan fingerprint density at radius 3 is 2.40 bits per heavy atom. The maximum absolute atomic E-state index is 12.2. The third-order valence-electron chi connectivity index (χ3n) is 3.24. The van der Waals surface area contributed by atoms with E-state index in [-0.39, 0.29) is 5.69 Å². The predicted molar refractivity (Wildman–Crippen MR) is 81.5 cm³/mol. The lowest BCUT2D eigenvalue weighted by Crippen LogP contribution is -2.31. The number of aromatic nitrogens is 3. The minimum absolute atomic E-state index is 0.256. The van der Waals surface area contributed by atoms with Crippen molar-refractivity contribution in [2.75, 3.05) is 18.0 Å². The molecule has 2 rings (SSSR count). The van der Waals surface area contributed by atoms with Gasteiger partial charge in [0.05, 0.1) is 0 Å². The van der Waals surface area contributed by atoms with Crippen LogP contribution in [0.3, 0.4) is 0 Å². The Kier molecular flexibility index (Phi) is 4.37. The van der Waals surface area contributed by atoms with Gasteiger partial charge in [-0.05, 0) is 37.8 Å². The Balaban J connectivity index is 2.59. The Labute approximate surface area is 119 Å². The number of fused-ring (bicyclic) bond motifs is 1. The molecule has 0 aliphatic carbocycles. The van der Waals surface area contributed by atoms with Gasteiger partial charge < -0.3 is 4.90 Å². The molecule has 0 spiro atoms. The fourth-order valence-electron chi connectivity index (χ4n) is 2.44. The lowest BCUT2D eigenvalue weighted by atomic mass is 10.2. The van der Waals surface area contributed by atoms with Crippen molar-refractivity contribution in [2.45, 2.75) is 40.5 Å². The molecule has 0 saturated heterocycles. The van der Waals surface area contributed by atoms with E-state index in [4.69, 9.17) is 0 Å². The number of aryl methyl sites for hydroxylation is 2. The molecule has 0 aliphatic heterocycles. The molecule has 5 nitrogen and oxygen atoms in total. The lowest BCUT2D eigenvalue weighted by molar-refractivity contribution is 0.713. The number of hydrogen-bond acceptors (Lipinski definition) is 4. The van der Waals surface area contributed by atoms with Crippen molar-refractivity contribution in [3.05, 3.63) is 33.9 Å². The fourth-order valence-corrected chi connectivity index (χ4v) is 2.44. The molecule has 0 amide bonds. The second-order valence-electron chi connectivity index (χ2n) is 5.19. The SMILES string of the molecule is CCCN(CCC)c1nc(=O)n2cc(C)cc(C)c2n1. The van der Waals surface area contributed by atoms with Gasteiger partial charge in [-0.2, -0.15) is 9.97 Å². The number of nitrogens with zero attached hydrogens (tertiary/aromatic N) is 4. The quantitative estimate of drug-likeness (QED) is 0.839. The molecular formula is C15H22N4O. The average molecular weight is 274 g/mol. The highest BCUT2D eigenvalue weighted by molar-refractivity contribution is 5.51. The Morgan fingerprint density at radius 2 is 1.80 bits per heavy atom. The zero-order valence-corrected chi connectivity index (χ0v) is 12.7. The first-order valence-electron chi connectivity index (χ1n) is 7.19. The standard InChI is InChI=1S/C15H22N4O/c1-5-7-18(8-6-2)14-16-13-12(4)9-11(3)10-19(13)15(20)17-14/h9-10H,5-8H2,1-4H3. The fraction of sp³-hybridized carbons (Fsp3) is 0.533. The summed E-state index contributed by atoms with van der Waals surface area (Å²) in [6.07, 6.45) is 3.81. The van der Waals surface area contributed by atoms with Crippen LogP contribution in [0.5, 0.6) is 0 Å². The Morgan fingerprint density at radius 1 is 1.15 bits per heavy atom. The van der Waals surface area contributed by atoms with E-state index in [2.05, 4.69) is 28.7 Å². The first kappa shape index (κ1) is 14.5. The van der Waals surface area contributed by atoms with E-state index in [0.29, 0.717) is 11.6 Å². The van der Waals surface area contributed by atoms with Gasteiger partial charge in [-0.3, -0.25) is 4.40 Å². The summed E-state index contributed by atoms with van der Waals surface area (Å²) >= 11 is 0. The second-order valence-corrected chi connectivity index (χ2v) is 5.19. The van der Waals surface area contributed by atoms with Crippen LogP contribution < -0.4 is 10.6 Å². The molecule has 0 saturated carbocycles. The molecule has 0 aromatic carbocycles. The van der Waals surface area contributed by atoms with Gasteiger partial charge >= 0.3 is 5.69 Å². The maximum atomic E-state index is 12.2. The summed E-state index contributed by atoms with van der Waals surface area (Å²) in [5.74, 6) is 0.547. The van der Waals surface area contributed by atoms with E-state index in [9.17, 15) is 4.79 Å². The largest absolute Gasteiger partial charge is 0.356 e. The highest BCUT2D eigenvalue weighted by Gasteiger charge is 2.12. The minimum atomic E-state index is -0.256. The van der Waals surface area contributed by atoms with Gasteiger partial charge in [0.15, 0.2) is 0 Å². The summed E-state index contributed by atoms with van der Waals surface area (Å²) in [6, 6.07) is 2.04. The van der Waals surface area contributed by atoms with Crippen LogP contribution in [0.15, 0.2) is 17.1 Å². The van der Waals surface area contributed by atoms with Gasteiger partial charge in [-0.25, -0.2) is 4.79 Å². The third kappa shape index (κ3) is 2.81. The summed E-state index contributed by atoms with van der Waals surface area (Å²) in [4.78, 5) is 23.0. The van der Waals surface area contributed by atoms with Crippen molar-refractivity contribution in [3.63, 3.8) is 0 Å². The van der Waals surface area contributed by atoms with Crippen LogP contribution >= 0.6 is 0 Å².